The van der Waals surface area contributed by atoms with Crippen molar-refractivity contribution in [3.63, 3.8) is 0 Å². The van der Waals surface area contributed by atoms with Crippen molar-refractivity contribution in [3.05, 3.63) is 36.4 Å². The van der Waals surface area contributed by atoms with Crippen LogP contribution in [-0.4, -0.2) is 61.1 Å². The van der Waals surface area contributed by atoms with E-state index in [-0.39, 0.29) is 36.8 Å². The summed E-state index contributed by atoms with van der Waals surface area (Å²) in [5, 5.41) is 14.9. The third kappa shape index (κ3) is 4.44. The monoisotopic (exact) mass is 429 g/mol. The Kier molecular flexibility index (Phi) is 7.33. The van der Waals surface area contributed by atoms with E-state index in [4.69, 9.17) is 4.74 Å². The molecule has 0 bridgehead atoms. The number of carbonyl (C=O) groups excluding carboxylic acids is 3. The molecule has 2 aliphatic rings. The van der Waals surface area contributed by atoms with Crippen molar-refractivity contribution in [1.29, 1.82) is 0 Å². The van der Waals surface area contributed by atoms with Gasteiger partial charge in [0, 0.05) is 31.8 Å². The lowest BCUT2D eigenvalue weighted by atomic mass is 9.69. The maximum atomic E-state index is 13.4. The average molecular weight is 430 g/mol. The molecule has 1 aliphatic heterocycles. The van der Waals surface area contributed by atoms with E-state index in [1.165, 1.54) is 4.90 Å². The molecule has 168 valence electrons. The number of likely N-dealkylation sites (tertiary alicyclic amines) is 1. The standard InChI is InChI=1S/C23H31N3O5/c1-4-14-6-11-17-19(18(14)21(28)24-2)23(30)26(12-5-13-27)20(17)22(29)25-15-7-9-16(31-3)10-8-15/h6-11,14,17-20,27H,4-5,12-13H2,1-3H3,(H,24,28)(H,25,29)/t14-,17+,18-,19+,20+/m1/s1. The maximum absolute atomic E-state index is 13.4. The van der Waals surface area contributed by atoms with E-state index >= 15 is 0 Å². The van der Waals surface area contributed by atoms with Gasteiger partial charge in [0.25, 0.3) is 0 Å². The van der Waals surface area contributed by atoms with Crippen LogP contribution in [0.5, 0.6) is 5.75 Å². The Hall–Kier alpha value is -2.87. The highest BCUT2D eigenvalue weighted by atomic mass is 16.5. The van der Waals surface area contributed by atoms with Gasteiger partial charge in [0.15, 0.2) is 0 Å². The van der Waals surface area contributed by atoms with Crippen LogP contribution in [0.1, 0.15) is 19.8 Å². The number of aliphatic hydroxyl groups excluding tert-OH is 1. The first kappa shape index (κ1) is 22.8. The molecule has 1 fully saturated rings. The largest absolute Gasteiger partial charge is 0.497 e. The van der Waals surface area contributed by atoms with Gasteiger partial charge in [0.2, 0.25) is 17.7 Å². The van der Waals surface area contributed by atoms with Crippen LogP contribution < -0.4 is 15.4 Å². The van der Waals surface area contributed by atoms with Crippen molar-refractivity contribution < 1.29 is 24.2 Å². The molecular formula is C23H31N3O5. The number of amides is 3. The number of ether oxygens (including phenoxy) is 1. The van der Waals surface area contributed by atoms with Crippen LogP contribution in [0.15, 0.2) is 36.4 Å². The molecule has 0 radical (unpaired) electrons. The first-order chi connectivity index (χ1) is 15.0. The van der Waals surface area contributed by atoms with E-state index in [9.17, 15) is 19.5 Å². The fourth-order valence-corrected chi connectivity index (χ4v) is 4.78. The van der Waals surface area contributed by atoms with Gasteiger partial charge in [0.05, 0.1) is 18.9 Å². The molecule has 8 nitrogen and oxygen atoms in total. The number of allylic oxidation sites excluding steroid dienone is 1. The van der Waals surface area contributed by atoms with Gasteiger partial charge in [-0.15, -0.1) is 0 Å². The van der Waals surface area contributed by atoms with Gasteiger partial charge in [-0.3, -0.25) is 14.4 Å². The molecule has 0 aromatic heterocycles. The number of hydrogen-bond donors (Lipinski definition) is 3. The zero-order chi connectivity index (χ0) is 22.5. The molecule has 31 heavy (non-hydrogen) atoms. The number of aliphatic hydroxyl groups is 1. The van der Waals surface area contributed by atoms with Gasteiger partial charge in [-0.2, -0.15) is 0 Å². The summed E-state index contributed by atoms with van der Waals surface area (Å²) in [6, 6.07) is 6.22. The minimum Gasteiger partial charge on any atom is -0.497 e. The van der Waals surface area contributed by atoms with Crippen molar-refractivity contribution in [2.75, 3.05) is 32.6 Å². The van der Waals surface area contributed by atoms with Crippen LogP contribution >= 0.6 is 0 Å². The molecule has 3 N–H and O–H groups in total. The van der Waals surface area contributed by atoms with Crippen molar-refractivity contribution in [2.24, 2.45) is 23.7 Å². The second-order valence-corrected chi connectivity index (χ2v) is 7.97. The molecule has 8 heteroatoms. The number of rotatable bonds is 8. The van der Waals surface area contributed by atoms with Crippen LogP contribution in [0, 0.1) is 23.7 Å². The molecule has 0 saturated carbocycles. The van der Waals surface area contributed by atoms with Crippen molar-refractivity contribution >= 4 is 23.4 Å². The summed E-state index contributed by atoms with van der Waals surface area (Å²) in [6.07, 6.45) is 4.98. The molecule has 1 aromatic carbocycles. The molecule has 5 atom stereocenters. The zero-order valence-corrected chi connectivity index (χ0v) is 18.2. The molecule has 1 aromatic rings. The third-order valence-corrected chi connectivity index (χ3v) is 6.32. The molecular weight excluding hydrogens is 398 g/mol. The minimum absolute atomic E-state index is 0.0618. The lowest BCUT2D eigenvalue weighted by molar-refractivity contribution is -0.140. The van der Waals surface area contributed by atoms with Gasteiger partial charge < -0.3 is 25.4 Å². The lowest BCUT2D eigenvalue weighted by Crippen LogP contribution is -2.45. The number of methoxy groups -OCH3 is 1. The Morgan fingerprint density at radius 1 is 1.16 bits per heavy atom. The second-order valence-electron chi connectivity index (χ2n) is 7.97. The van der Waals surface area contributed by atoms with Crippen molar-refractivity contribution in [2.45, 2.75) is 25.8 Å². The highest BCUT2D eigenvalue weighted by Crippen LogP contribution is 2.45. The van der Waals surface area contributed by atoms with Crippen LogP contribution in [0.25, 0.3) is 0 Å². The van der Waals surface area contributed by atoms with Crippen molar-refractivity contribution in [3.8, 4) is 5.75 Å². The molecule has 3 amide bonds. The number of nitrogens with zero attached hydrogens (tertiary/aromatic N) is 1. The molecule has 1 heterocycles. The first-order valence-corrected chi connectivity index (χ1v) is 10.7. The van der Waals surface area contributed by atoms with Crippen LogP contribution in [-0.2, 0) is 14.4 Å². The van der Waals surface area contributed by atoms with Gasteiger partial charge in [-0.1, -0.05) is 19.1 Å². The Balaban J connectivity index is 1.93. The Bertz CT molecular complexity index is 838. The van der Waals surface area contributed by atoms with E-state index in [1.54, 1.807) is 38.4 Å². The summed E-state index contributed by atoms with van der Waals surface area (Å²) in [4.78, 5) is 41.0. The zero-order valence-electron chi connectivity index (χ0n) is 18.2. The molecule has 0 spiro atoms. The maximum Gasteiger partial charge on any atom is 0.247 e. The predicted octanol–water partition coefficient (Wildman–Crippen LogP) is 1.42. The smallest absolute Gasteiger partial charge is 0.247 e. The van der Waals surface area contributed by atoms with E-state index in [0.717, 1.165) is 6.42 Å². The minimum atomic E-state index is -0.743. The molecule has 3 rings (SSSR count). The fourth-order valence-electron chi connectivity index (χ4n) is 4.78. The summed E-state index contributed by atoms with van der Waals surface area (Å²) >= 11 is 0. The molecule has 0 unspecified atom stereocenters. The lowest BCUT2D eigenvalue weighted by Gasteiger charge is -2.33. The number of fused-ring (bicyclic) bond motifs is 1. The molecule has 1 aliphatic carbocycles. The van der Waals surface area contributed by atoms with E-state index in [1.807, 2.05) is 19.1 Å². The van der Waals surface area contributed by atoms with Crippen LogP contribution in [0.4, 0.5) is 5.69 Å². The van der Waals surface area contributed by atoms with Gasteiger partial charge in [0.1, 0.15) is 11.8 Å². The normalized spacial score (nSPS) is 27.0. The number of hydrogen-bond acceptors (Lipinski definition) is 5. The SMILES string of the molecule is CC[C@@H]1C=C[C@H]2[C@H](C(=O)N(CCCO)[C@@H]2C(=O)Nc2ccc(OC)cc2)[C@@H]1C(=O)NC. The Morgan fingerprint density at radius 3 is 2.45 bits per heavy atom. The molecule has 1 saturated heterocycles. The van der Waals surface area contributed by atoms with Gasteiger partial charge >= 0.3 is 0 Å². The first-order valence-electron chi connectivity index (χ1n) is 10.7. The summed E-state index contributed by atoms with van der Waals surface area (Å²) in [7, 11) is 3.14. The van der Waals surface area contributed by atoms with Crippen LogP contribution in [0.3, 0.4) is 0 Å². The number of nitrogens with one attached hydrogen (secondary N) is 2. The highest BCUT2D eigenvalue weighted by Gasteiger charge is 2.56. The number of benzene rings is 1. The van der Waals surface area contributed by atoms with E-state index in [0.29, 0.717) is 17.9 Å². The van der Waals surface area contributed by atoms with Gasteiger partial charge in [-0.05, 0) is 43.0 Å². The van der Waals surface area contributed by atoms with Crippen LogP contribution in [0.2, 0.25) is 0 Å². The summed E-state index contributed by atoms with van der Waals surface area (Å²) in [6.45, 7) is 2.16. The number of carbonyl (C=O) groups is 3. The third-order valence-electron chi connectivity index (χ3n) is 6.32. The fraction of sp³-hybridized carbons (Fsp3) is 0.522. The Morgan fingerprint density at radius 2 is 1.87 bits per heavy atom. The summed E-state index contributed by atoms with van der Waals surface area (Å²) < 4.78 is 5.15. The van der Waals surface area contributed by atoms with Gasteiger partial charge in [-0.25, -0.2) is 0 Å². The predicted molar refractivity (Wildman–Crippen MR) is 116 cm³/mol. The van der Waals surface area contributed by atoms with Crippen molar-refractivity contribution in [1.82, 2.24) is 10.2 Å². The quantitative estimate of drug-likeness (QED) is 0.542. The van der Waals surface area contributed by atoms with E-state index < -0.39 is 23.8 Å². The summed E-state index contributed by atoms with van der Waals surface area (Å²) in [5.41, 5.74) is 0.595. The summed E-state index contributed by atoms with van der Waals surface area (Å²) in [5.74, 6) is -1.61. The topological polar surface area (TPSA) is 108 Å². The van der Waals surface area contributed by atoms with E-state index in [2.05, 4.69) is 10.6 Å². The Labute approximate surface area is 182 Å². The second kappa shape index (κ2) is 9.96. The number of anilines is 1. The average Bonchev–Trinajstić information content (AvgIpc) is 3.08. The highest BCUT2D eigenvalue weighted by molar-refractivity contribution is 6.01.